The van der Waals surface area contributed by atoms with Gasteiger partial charge in [-0.1, -0.05) is 48.5 Å². The summed E-state index contributed by atoms with van der Waals surface area (Å²) in [7, 11) is 0. The van der Waals surface area contributed by atoms with E-state index in [9.17, 15) is 14.4 Å². The number of imide groups is 1. The van der Waals surface area contributed by atoms with Crippen molar-refractivity contribution >= 4 is 17.7 Å². The van der Waals surface area contributed by atoms with Gasteiger partial charge >= 0.3 is 0 Å². The molecule has 0 aromatic heterocycles. The first kappa shape index (κ1) is 23.7. The maximum absolute atomic E-state index is 13.3. The van der Waals surface area contributed by atoms with E-state index in [0.29, 0.717) is 31.6 Å². The van der Waals surface area contributed by atoms with Crippen molar-refractivity contribution in [3.63, 3.8) is 0 Å². The SMILES string of the molecule is NC1(CNCc2cccc3c2C(=O)N(C2CCC(=O)NC2=O)C3)CCN(Cc2ccccc2)CC1. The van der Waals surface area contributed by atoms with Crippen LogP contribution in [0.2, 0.25) is 0 Å². The second-order valence-electron chi connectivity index (χ2n) is 10.1. The van der Waals surface area contributed by atoms with Crippen LogP contribution in [0.15, 0.2) is 48.5 Å². The molecule has 184 valence electrons. The number of carbonyl (C=O) groups is 3. The van der Waals surface area contributed by atoms with Crippen LogP contribution < -0.4 is 16.4 Å². The van der Waals surface area contributed by atoms with Crippen LogP contribution in [-0.2, 0) is 29.2 Å². The minimum Gasteiger partial charge on any atom is -0.324 e. The van der Waals surface area contributed by atoms with Gasteiger partial charge in [-0.3, -0.25) is 24.6 Å². The lowest BCUT2D eigenvalue weighted by atomic mass is 9.88. The topological polar surface area (TPSA) is 108 Å². The normalized spacial score (nSPS) is 22.3. The van der Waals surface area contributed by atoms with Gasteiger partial charge in [0, 0.05) is 56.8 Å². The number of benzene rings is 2. The smallest absolute Gasteiger partial charge is 0.255 e. The molecule has 2 saturated heterocycles. The molecule has 35 heavy (non-hydrogen) atoms. The van der Waals surface area contributed by atoms with Crippen molar-refractivity contribution in [2.75, 3.05) is 19.6 Å². The van der Waals surface area contributed by atoms with Crippen molar-refractivity contribution in [1.29, 1.82) is 0 Å². The molecule has 8 heteroatoms. The zero-order valence-electron chi connectivity index (χ0n) is 20.0. The van der Waals surface area contributed by atoms with Crippen molar-refractivity contribution in [3.8, 4) is 0 Å². The molecule has 3 aliphatic heterocycles. The Morgan fingerprint density at radius 3 is 2.54 bits per heavy atom. The molecule has 0 spiro atoms. The van der Waals surface area contributed by atoms with Crippen molar-refractivity contribution in [1.82, 2.24) is 20.4 Å². The first-order chi connectivity index (χ1) is 16.9. The monoisotopic (exact) mass is 475 g/mol. The molecule has 2 fully saturated rings. The largest absolute Gasteiger partial charge is 0.324 e. The van der Waals surface area contributed by atoms with Gasteiger partial charge < -0.3 is 16.0 Å². The van der Waals surface area contributed by atoms with E-state index < -0.39 is 6.04 Å². The molecule has 0 radical (unpaired) electrons. The van der Waals surface area contributed by atoms with Gasteiger partial charge in [-0.2, -0.15) is 0 Å². The Morgan fingerprint density at radius 1 is 1.03 bits per heavy atom. The van der Waals surface area contributed by atoms with E-state index >= 15 is 0 Å². The Hall–Kier alpha value is -3.07. The maximum atomic E-state index is 13.3. The Bertz CT molecular complexity index is 1110. The van der Waals surface area contributed by atoms with Crippen LogP contribution >= 0.6 is 0 Å². The molecule has 5 rings (SSSR count). The highest BCUT2D eigenvalue weighted by molar-refractivity contribution is 6.05. The van der Waals surface area contributed by atoms with Gasteiger partial charge in [0.25, 0.3) is 5.91 Å². The summed E-state index contributed by atoms with van der Waals surface area (Å²) in [5, 5.41) is 5.86. The first-order valence-corrected chi connectivity index (χ1v) is 12.4. The molecule has 8 nitrogen and oxygen atoms in total. The van der Waals surface area contributed by atoms with Crippen LogP contribution in [0.3, 0.4) is 0 Å². The molecule has 3 heterocycles. The molecular weight excluding hydrogens is 442 g/mol. The van der Waals surface area contributed by atoms with Crippen LogP contribution in [0, 0.1) is 0 Å². The van der Waals surface area contributed by atoms with Crippen LogP contribution in [0.25, 0.3) is 0 Å². The van der Waals surface area contributed by atoms with E-state index in [2.05, 4.69) is 39.8 Å². The fraction of sp³-hybridized carbons (Fsp3) is 0.444. The second kappa shape index (κ2) is 9.89. The summed E-state index contributed by atoms with van der Waals surface area (Å²) in [4.78, 5) is 41.1. The standard InChI is InChI=1S/C27H33N5O3/c28-27(11-13-31(14-12-27)16-19-5-2-1-3-6-19)18-29-15-20-7-4-8-21-17-32(26(35)24(20)21)22-9-10-23(33)30-25(22)34/h1-8,22,29H,9-18,28H2,(H,30,33,34). The Balaban J connectivity index is 1.16. The molecule has 1 atom stereocenters. The molecule has 1 unspecified atom stereocenters. The number of likely N-dealkylation sites (tertiary alicyclic amines) is 1. The van der Waals surface area contributed by atoms with E-state index in [4.69, 9.17) is 5.73 Å². The lowest BCUT2D eigenvalue weighted by Crippen LogP contribution is -2.55. The molecule has 0 aliphatic carbocycles. The van der Waals surface area contributed by atoms with Gasteiger partial charge in [0.15, 0.2) is 0 Å². The molecule has 4 N–H and O–H groups in total. The summed E-state index contributed by atoms with van der Waals surface area (Å²) in [5.74, 6) is -0.795. The zero-order chi connectivity index (χ0) is 24.4. The van der Waals surface area contributed by atoms with Crippen molar-refractivity contribution in [2.24, 2.45) is 5.73 Å². The lowest BCUT2D eigenvalue weighted by Gasteiger charge is -2.39. The number of fused-ring (bicyclic) bond motifs is 1. The molecule has 2 aromatic rings. The summed E-state index contributed by atoms with van der Waals surface area (Å²) >= 11 is 0. The van der Waals surface area contributed by atoms with Crippen molar-refractivity contribution < 1.29 is 14.4 Å². The average Bonchev–Trinajstić information content (AvgIpc) is 3.18. The highest BCUT2D eigenvalue weighted by atomic mass is 16.2. The maximum Gasteiger partial charge on any atom is 0.255 e. The van der Waals surface area contributed by atoms with Crippen LogP contribution in [0.4, 0.5) is 0 Å². The minimum absolute atomic E-state index is 0.136. The summed E-state index contributed by atoms with van der Waals surface area (Å²) in [6.45, 7) is 4.50. The van der Waals surface area contributed by atoms with Gasteiger partial charge in [0.05, 0.1) is 0 Å². The quantitative estimate of drug-likeness (QED) is 0.525. The predicted octanol–water partition coefficient (Wildman–Crippen LogP) is 1.53. The highest BCUT2D eigenvalue weighted by Gasteiger charge is 2.40. The van der Waals surface area contributed by atoms with E-state index in [0.717, 1.165) is 43.6 Å². The van der Waals surface area contributed by atoms with E-state index in [1.807, 2.05) is 24.3 Å². The van der Waals surface area contributed by atoms with Gasteiger partial charge in [0.1, 0.15) is 6.04 Å². The van der Waals surface area contributed by atoms with Gasteiger partial charge in [-0.15, -0.1) is 0 Å². The Labute approximate surface area is 205 Å². The number of carbonyl (C=O) groups excluding carboxylic acids is 3. The third-order valence-corrected chi connectivity index (χ3v) is 7.53. The minimum atomic E-state index is -0.596. The molecule has 0 saturated carbocycles. The lowest BCUT2D eigenvalue weighted by molar-refractivity contribution is -0.136. The molecule has 3 aliphatic rings. The number of rotatable bonds is 7. The molecule has 3 amide bonds. The summed E-state index contributed by atoms with van der Waals surface area (Å²) in [6, 6.07) is 15.8. The number of amides is 3. The Kier molecular flexibility index (Phi) is 6.69. The average molecular weight is 476 g/mol. The number of nitrogens with zero attached hydrogens (tertiary/aromatic N) is 2. The first-order valence-electron chi connectivity index (χ1n) is 12.4. The van der Waals surface area contributed by atoms with Crippen LogP contribution in [0.1, 0.15) is 52.7 Å². The number of piperidine rings is 2. The van der Waals surface area contributed by atoms with Crippen molar-refractivity contribution in [3.05, 3.63) is 70.8 Å². The number of nitrogens with two attached hydrogens (primary N) is 1. The number of nitrogens with one attached hydrogen (secondary N) is 2. The molecule has 2 aromatic carbocycles. The Morgan fingerprint density at radius 2 is 1.80 bits per heavy atom. The van der Waals surface area contributed by atoms with Crippen molar-refractivity contribution in [2.45, 2.75) is 56.9 Å². The third-order valence-electron chi connectivity index (χ3n) is 7.53. The predicted molar refractivity (Wildman–Crippen MR) is 132 cm³/mol. The summed E-state index contributed by atoms with van der Waals surface area (Å²) in [6.07, 6.45) is 2.46. The van der Waals surface area contributed by atoms with Gasteiger partial charge in [-0.05, 0) is 36.0 Å². The van der Waals surface area contributed by atoms with Crippen LogP contribution in [0.5, 0.6) is 0 Å². The third kappa shape index (κ3) is 5.15. The number of hydrogen-bond donors (Lipinski definition) is 3. The summed E-state index contributed by atoms with van der Waals surface area (Å²) in [5.41, 5.74) is 10.3. The van der Waals surface area contributed by atoms with Gasteiger partial charge in [0.2, 0.25) is 11.8 Å². The highest BCUT2D eigenvalue weighted by Crippen LogP contribution is 2.30. The molecule has 0 bridgehead atoms. The van der Waals surface area contributed by atoms with E-state index in [1.54, 1.807) is 4.90 Å². The fourth-order valence-electron chi connectivity index (χ4n) is 5.46. The second-order valence-corrected chi connectivity index (χ2v) is 10.1. The van der Waals surface area contributed by atoms with E-state index in [-0.39, 0.29) is 29.7 Å². The summed E-state index contributed by atoms with van der Waals surface area (Å²) < 4.78 is 0. The fourth-order valence-corrected chi connectivity index (χ4v) is 5.46. The molecular formula is C27H33N5O3. The van der Waals surface area contributed by atoms with Gasteiger partial charge in [-0.25, -0.2) is 0 Å². The van der Waals surface area contributed by atoms with Crippen LogP contribution in [-0.4, -0.2) is 58.7 Å². The zero-order valence-corrected chi connectivity index (χ0v) is 20.0. The van der Waals surface area contributed by atoms with E-state index in [1.165, 1.54) is 5.56 Å². The number of hydrogen-bond acceptors (Lipinski definition) is 6.